The first kappa shape index (κ1) is 22.9. The normalized spacial score (nSPS) is 10.4. The smallest absolute Gasteiger partial charge is 0.255 e. The second-order valence-corrected chi connectivity index (χ2v) is 7.24. The predicted molar refractivity (Wildman–Crippen MR) is 128 cm³/mol. The van der Waals surface area contributed by atoms with Gasteiger partial charge in [0.1, 0.15) is 17.5 Å². The van der Waals surface area contributed by atoms with Crippen molar-refractivity contribution in [2.24, 2.45) is 0 Å². The molecule has 168 valence electrons. The second-order valence-electron chi connectivity index (χ2n) is 7.24. The van der Waals surface area contributed by atoms with Crippen LogP contribution in [-0.2, 0) is 0 Å². The van der Waals surface area contributed by atoms with E-state index in [9.17, 15) is 4.79 Å². The average Bonchev–Trinajstić information content (AvgIpc) is 2.76. The van der Waals surface area contributed by atoms with Gasteiger partial charge < -0.3 is 25.0 Å². The van der Waals surface area contributed by atoms with Gasteiger partial charge in [-0.2, -0.15) is 0 Å². The number of aryl methyl sites for hydroxylation is 1. The highest BCUT2D eigenvalue weighted by Gasteiger charge is 2.12. The number of carbonyl (C=O) groups excluding carboxylic acids is 1. The van der Waals surface area contributed by atoms with Crippen LogP contribution >= 0.6 is 0 Å². The van der Waals surface area contributed by atoms with E-state index in [1.54, 1.807) is 18.2 Å². The number of carbonyl (C=O) groups is 1. The molecule has 1 aromatic heterocycles. The van der Waals surface area contributed by atoms with E-state index in [-0.39, 0.29) is 5.91 Å². The Bertz CT molecular complexity index is 1070. The molecule has 0 atom stereocenters. The molecular weight excluding hydrogens is 406 g/mol. The third-order valence-corrected chi connectivity index (χ3v) is 4.50. The van der Waals surface area contributed by atoms with Gasteiger partial charge >= 0.3 is 0 Å². The van der Waals surface area contributed by atoms with Gasteiger partial charge in [0.25, 0.3) is 5.91 Å². The Kier molecular flexibility index (Phi) is 7.49. The fraction of sp³-hybridized carbons (Fsp3) is 0.292. The molecule has 8 heteroatoms. The highest BCUT2D eigenvalue weighted by molar-refractivity contribution is 6.04. The summed E-state index contributed by atoms with van der Waals surface area (Å²) in [5.41, 5.74) is 2.03. The van der Waals surface area contributed by atoms with Crippen LogP contribution in [0.2, 0.25) is 0 Å². The number of nitrogens with one attached hydrogen (secondary N) is 2. The zero-order valence-corrected chi connectivity index (χ0v) is 19.1. The van der Waals surface area contributed by atoms with Crippen molar-refractivity contribution in [3.05, 3.63) is 59.9 Å². The number of benzene rings is 2. The van der Waals surface area contributed by atoms with E-state index < -0.39 is 0 Å². The molecule has 0 spiro atoms. The van der Waals surface area contributed by atoms with Crippen LogP contribution in [0.5, 0.6) is 11.5 Å². The van der Waals surface area contributed by atoms with E-state index >= 15 is 0 Å². The number of amides is 1. The van der Waals surface area contributed by atoms with Crippen LogP contribution in [-0.4, -0.2) is 43.2 Å². The molecule has 3 rings (SSSR count). The molecule has 32 heavy (non-hydrogen) atoms. The number of hydrogen-bond donors (Lipinski definition) is 2. The summed E-state index contributed by atoms with van der Waals surface area (Å²) in [6, 6.07) is 14.5. The Balaban J connectivity index is 1.69. The lowest BCUT2D eigenvalue weighted by atomic mass is 10.1. The highest BCUT2D eigenvalue weighted by Crippen LogP contribution is 2.29. The van der Waals surface area contributed by atoms with E-state index in [1.807, 2.05) is 70.1 Å². The predicted octanol–water partition coefficient (Wildman–Crippen LogP) is 4.64. The highest BCUT2D eigenvalue weighted by atomic mass is 16.5. The Hall–Kier alpha value is -3.81. The third kappa shape index (κ3) is 5.87. The van der Waals surface area contributed by atoms with Gasteiger partial charge in [-0.05, 0) is 63.2 Å². The number of aromatic nitrogens is 2. The largest absolute Gasteiger partial charge is 0.490 e. The first-order chi connectivity index (χ1) is 15.4. The van der Waals surface area contributed by atoms with Crippen molar-refractivity contribution in [3.8, 4) is 11.5 Å². The minimum Gasteiger partial charge on any atom is -0.490 e. The van der Waals surface area contributed by atoms with Gasteiger partial charge in [0, 0.05) is 37.1 Å². The van der Waals surface area contributed by atoms with Crippen molar-refractivity contribution in [1.82, 2.24) is 9.97 Å². The van der Waals surface area contributed by atoms with Crippen molar-refractivity contribution in [2.45, 2.75) is 20.8 Å². The number of rotatable bonds is 9. The summed E-state index contributed by atoms with van der Waals surface area (Å²) in [4.78, 5) is 23.5. The van der Waals surface area contributed by atoms with Gasteiger partial charge in [-0.25, -0.2) is 9.97 Å². The van der Waals surface area contributed by atoms with E-state index in [1.165, 1.54) is 0 Å². The molecule has 0 fully saturated rings. The topological polar surface area (TPSA) is 88.6 Å². The summed E-state index contributed by atoms with van der Waals surface area (Å²) >= 11 is 0. The Labute approximate surface area is 188 Å². The van der Waals surface area contributed by atoms with Crippen molar-refractivity contribution in [3.63, 3.8) is 0 Å². The molecule has 0 saturated heterocycles. The molecule has 2 aromatic carbocycles. The van der Waals surface area contributed by atoms with Gasteiger partial charge in [0.05, 0.1) is 13.2 Å². The number of nitrogens with zero attached hydrogens (tertiary/aromatic N) is 3. The molecule has 1 amide bonds. The molecule has 3 aromatic rings. The molecule has 0 bridgehead atoms. The summed E-state index contributed by atoms with van der Waals surface area (Å²) < 4.78 is 11.2. The number of anilines is 4. The van der Waals surface area contributed by atoms with E-state index in [0.717, 1.165) is 11.5 Å². The SMILES string of the molecule is CCOc1ccc(C(=O)Nc2ccc(Nc3cc(N(C)C)nc(C)n3)cc2)cc1OCC. The molecule has 0 saturated carbocycles. The maximum Gasteiger partial charge on any atom is 0.255 e. The van der Waals surface area contributed by atoms with Gasteiger partial charge in [0.2, 0.25) is 0 Å². The summed E-state index contributed by atoms with van der Waals surface area (Å²) in [5, 5.41) is 6.18. The minimum atomic E-state index is -0.225. The molecule has 0 aliphatic heterocycles. The zero-order valence-electron chi connectivity index (χ0n) is 19.1. The molecule has 8 nitrogen and oxygen atoms in total. The van der Waals surface area contributed by atoms with Crippen LogP contribution in [0.1, 0.15) is 30.0 Å². The van der Waals surface area contributed by atoms with Gasteiger partial charge in [-0.1, -0.05) is 0 Å². The molecule has 0 aliphatic rings. The van der Waals surface area contributed by atoms with Crippen LogP contribution in [0.3, 0.4) is 0 Å². The van der Waals surface area contributed by atoms with E-state index in [0.29, 0.717) is 47.6 Å². The maximum atomic E-state index is 12.7. The summed E-state index contributed by atoms with van der Waals surface area (Å²) in [7, 11) is 3.87. The van der Waals surface area contributed by atoms with Crippen LogP contribution in [0, 0.1) is 6.92 Å². The molecular formula is C24H29N5O3. The van der Waals surface area contributed by atoms with E-state index in [4.69, 9.17) is 9.47 Å². The van der Waals surface area contributed by atoms with Gasteiger partial charge in [0.15, 0.2) is 11.5 Å². The Morgan fingerprint density at radius 1 is 0.906 bits per heavy atom. The van der Waals surface area contributed by atoms with Crippen LogP contribution in [0.15, 0.2) is 48.5 Å². The average molecular weight is 436 g/mol. The van der Waals surface area contributed by atoms with Crippen LogP contribution in [0.4, 0.5) is 23.0 Å². The monoisotopic (exact) mass is 435 g/mol. The molecule has 0 unspecified atom stereocenters. The number of ether oxygens (including phenoxy) is 2. The number of hydrogen-bond acceptors (Lipinski definition) is 7. The lowest BCUT2D eigenvalue weighted by Crippen LogP contribution is -2.13. The molecule has 0 radical (unpaired) electrons. The van der Waals surface area contributed by atoms with Gasteiger partial charge in [-0.15, -0.1) is 0 Å². The molecule has 2 N–H and O–H groups in total. The van der Waals surface area contributed by atoms with Crippen molar-refractivity contribution >= 4 is 28.9 Å². The first-order valence-electron chi connectivity index (χ1n) is 10.5. The van der Waals surface area contributed by atoms with Gasteiger partial charge in [-0.3, -0.25) is 4.79 Å². The lowest BCUT2D eigenvalue weighted by molar-refractivity contribution is 0.102. The quantitative estimate of drug-likeness (QED) is 0.506. The van der Waals surface area contributed by atoms with Crippen molar-refractivity contribution < 1.29 is 14.3 Å². The maximum absolute atomic E-state index is 12.7. The Morgan fingerprint density at radius 2 is 1.56 bits per heavy atom. The molecule has 1 heterocycles. The van der Waals surface area contributed by atoms with Crippen molar-refractivity contribution in [2.75, 3.05) is 42.8 Å². The summed E-state index contributed by atoms with van der Waals surface area (Å²) in [6.07, 6.45) is 0. The zero-order chi connectivity index (χ0) is 23.1. The Morgan fingerprint density at radius 3 is 2.22 bits per heavy atom. The van der Waals surface area contributed by atoms with Crippen LogP contribution in [0.25, 0.3) is 0 Å². The lowest BCUT2D eigenvalue weighted by Gasteiger charge is -2.14. The first-order valence-corrected chi connectivity index (χ1v) is 10.5. The molecule has 0 aliphatic carbocycles. The minimum absolute atomic E-state index is 0.225. The summed E-state index contributed by atoms with van der Waals surface area (Å²) in [5.74, 6) is 3.17. The fourth-order valence-electron chi connectivity index (χ4n) is 3.03. The van der Waals surface area contributed by atoms with Crippen molar-refractivity contribution in [1.29, 1.82) is 0 Å². The fourth-order valence-corrected chi connectivity index (χ4v) is 3.03. The van der Waals surface area contributed by atoms with E-state index in [2.05, 4.69) is 20.6 Å². The second kappa shape index (κ2) is 10.5. The van der Waals surface area contributed by atoms with Crippen LogP contribution < -0.4 is 25.0 Å². The summed E-state index contributed by atoms with van der Waals surface area (Å²) in [6.45, 7) is 6.66. The third-order valence-electron chi connectivity index (χ3n) is 4.50. The standard InChI is InChI=1S/C24H29N5O3/c1-6-31-20-13-8-17(14-21(20)32-7-2)24(30)28-19-11-9-18(10-12-19)27-22-15-23(29(4)5)26-16(3)25-22/h8-15H,6-7H2,1-5H3,(H,28,30)(H,25,26,27).